The van der Waals surface area contributed by atoms with Crippen molar-refractivity contribution in [1.82, 2.24) is 0 Å². The predicted octanol–water partition coefficient (Wildman–Crippen LogP) is 3.92. The van der Waals surface area contributed by atoms with Gasteiger partial charge in [0.15, 0.2) is 11.6 Å². The van der Waals surface area contributed by atoms with Gasteiger partial charge in [-0.05, 0) is 24.0 Å². The monoisotopic (exact) mass is 292 g/mol. The van der Waals surface area contributed by atoms with E-state index in [0.29, 0.717) is 12.4 Å². The summed E-state index contributed by atoms with van der Waals surface area (Å²) >= 11 is 7.48. The summed E-state index contributed by atoms with van der Waals surface area (Å²) in [5.41, 5.74) is -0.0577. The van der Waals surface area contributed by atoms with Crippen molar-refractivity contribution in [2.24, 2.45) is 5.41 Å². The molecule has 4 heteroatoms. The van der Waals surface area contributed by atoms with E-state index in [1.54, 1.807) is 12.1 Å². The van der Waals surface area contributed by atoms with Crippen LogP contribution in [-0.4, -0.2) is 12.4 Å². The van der Waals surface area contributed by atoms with Crippen LogP contribution in [0.25, 0.3) is 0 Å². The summed E-state index contributed by atoms with van der Waals surface area (Å²) < 4.78 is 19.5. The van der Waals surface area contributed by atoms with Crippen LogP contribution in [0.5, 0.6) is 5.75 Å². The molecule has 0 aliphatic carbocycles. The molecule has 0 aliphatic heterocycles. The molecule has 0 atom stereocenters. The normalized spacial score (nSPS) is 11.5. The topological polar surface area (TPSA) is 9.23 Å². The number of rotatable bonds is 4. The Bertz CT molecular complexity index is 341. The third kappa shape index (κ3) is 4.03. The average Bonchev–Trinajstić information content (AvgIpc) is 2.20. The highest BCUT2D eigenvalue weighted by molar-refractivity contribution is 9.10. The molecule has 0 saturated carbocycles. The van der Waals surface area contributed by atoms with Gasteiger partial charge >= 0.3 is 0 Å². The molecule has 0 aliphatic rings. The molecule has 0 heterocycles. The molecule has 0 fully saturated rings. The van der Waals surface area contributed by atoms with Crippen LogP contribution in [0.3, 0.4) is 0 Å². The molecule has 15 heavy (non-hydrogen) atoms. The number of benzene rings is 1. The summed E-state index contributed by atoms with van der Waals surface area (Å²) in [5, 5.41) is 0. The molecule has 84 valence electrons. The van der Waals surface area contributed by atoms with Crippen molar-refractivity contribution in [3.05, 3.63) is 28.5 Å². The van der Waals surface area contributed by atoms with Crippen LogP contribution in [0.2, 0.25) is 0 Å². The Kier molecular flexibility index (Phi) is 4.46. The second-order valence-corrected chi connectivity index (χ2v) is 5.42. The Morgan fingerprint density at radius 1 is 1.47 bits per heavy atom. The fraction of sp³-hybridized carbons (Fsp3) is 0.455. The lowest BCUT2D eigenvalue weighted by atomic mass is 9.98. The van der Waals surface area contributed by atoms with Gasteiger partial charge in [-0.25, -0.2) is 4.39 Å². The SMILES string of the molecule is CC(C)(CS)COc1cc(Br)ccc1F. The molecule has 1 nitrogen and oxygen atoms in total. The van der Waals surface area contributed by atoms with Gasteiger partial charge in [-0.1, -0.05) is 29.8 Å². The number of hydrogen-bond donors (Lipinski definition) is 1. The number of ether oxygens (including phenoxy) is 1. The van der Waals surface area contributed by atoms with Crippen molar-refractivity contribution in [1.29, 1.82) is 0 Å². The highest BCUT2D eigenvalue weighted by atomic mass is 79.9. The van der Waals surface area contributed by atoms with E-state index in [2.05, 4.69) is 28.6 Å². The van der Waals surface area contributed by atoms with Crippen LogP contribution < -0.4 is 4.74 Å². The summed E-state index contributed by atoms with van der Waals surface area (Å²) in [6, 6.07) is 4.66. The maximum Gasteiger partial charge on any atom is 0.165 e. The summed E-state index contributed by atoms with van der Waals surface area (Å²) in [7, 11) is 0. The van der Waals surface area contributed by atoms with Gasteiger partial charge in [0.1, 0.15) is 0 Å². The number of halogens is 2. The largest absolute Gasteiger partial charge is 0.490 e. The minimum absolute atomic E-state index is 0.0577. The number of thiol groups is 1. The first-order valence-electron chi connectivity index (χ1n) is 4.63. The van der Waals surface area contributed by atoms with Gasteiger partial charge in [0.25, 0.3) is 0 Å². The molecule has 0 spiro atoms. The second kappa shape index (κ2) is 5.21. The maximum atomic E-state index is 13.3. The van der Waals surface area contributed by atoms with E-state index in [4.69, 9.17) is 4.74 Å². The van der Waals surface area contributed by atoms with Crippen molar-refractivity contribution in [2.75, 3.05) is 12.4 Å². The molecule has 0 bridgehead atoms. The zero-order chi connectivity index (χ0) is 11.5. The summed E-state index contributed by atoms with van der Waals surface area (Å²) in [6.07, 6.45) is 0. The Morgan fingerprint density at radius 3 is 2.73 bits per heavy atom. The first-order valence-corrected chi connectivity index (χ1v) is 6.06. The zero-order valence-electron chi connectivity index (χ0n) is 8.76. The quantitative estimate of drug-likeness (QED) is 0.828. The molecule has 0 aromatic heterocycles. The average molecular weight is 293 g/mol. The summed E-state index contributed by atoms with van der Waals surface area (Å²) in [6.45, 7) is 4.50. The van der Waals surface area contributed by atoms with E-state index < -0.39 is 0 Å². The highest BCUT2D eigenvalue weighted by Crippen LogP contribution is 2.25. The van der Waals surface area contributed by atoms with Gasteiger partial charge in [0.2, 0.25) is 0 Å². The van der Waals surface area contributed by atoms with Gasteiger partial charge < -0.3 is 4.74 Å². The summed E-state index contributed by atoms with van der Waals surface area (Å²) in [4.78, 5) is 0. The highest BCUT2D eigenvalue weighted by Gasteiger charge is 2.17. The number of hydrogen-bond acceptors (Lipinski definition) is 2. The van der Waals surface area contributed by atoms with E-state index in [1.165, 1.54) is 6.07 Å². The standard InChI is InChI=1S/C11H14BrFOS/c1-11(2,7-15)6-14-10-5-8(12)3-4-9(10)13/h3-5,15H,6-7H2,1-2H3. The van der Waals surface area contributed by atoms with Crippen molar-refractivity contribution in [3.63, 3.8) is 0 Å². The first-order chi connectivity index (χ1) is 6.94. The first kappa shape index (κ1) is 12.8. The lowest BCUT2D eigenvalue weighted by Crippen LogP contribution is -2.23. The second-order valence-electron chi connectivity index (χ2n) is 4.19. The van der Waals surface area contributed by atoms with Crippen LogP contribution in [0.4, 0.5) is 4.39 Å². The van der Waals surface area contributed by atoms with Gasteiger partial charge in [-0.2, -0.15) is 12.6 Å². The van der Waals surface area contributed by atoms with E-state index in [1.807, 2.05) is 13.8 Å². The molecule has 0 saturated heterocycles. The van der Waals surface area contributed by atoms with E-state index in [-0.39, 0.29) is 17.0 Å². The van der Waals surface area contributed by atoms with Crippen molar-refractivity contribution < 1.29 is 9.13 Å². The molecular formula is C11H14BrFOS. The van der Waals surface area contributed by atoms with E-state index in [0.717, 1.165) is 4.47 Å². The van der Waals surface area contributed by atoms with Gasteiger partial charge in [0, 0.05) is 9.89 Å². The summed E-state index contributed by atoms with van der Waals surface area (Å²) in [5.74, 6) is 0.634. The lowest BCUT2D eigenvalue weighted by Gasteiger charge is -2.22. The van der Waals surface area contributed by atoms with Crippen LogP contribution in [0.15, 0.2) is 22.7 Å². The Balaban J connectivity index is 2.69. The van der Waals surface area contributed by atoms with Gasteiger partial charge in [-0.3, -0.25) is 0 Å². The van der Waals surface area contributed by atoms with Crippen LogP contribution in [-0.2, 0) is 0 Å². The lowest BCUT2D eigenvalue weighted by molar-refractivity contribution is 0.195. The fourth-order valence-corrected chi connectivity index (χ4v) is 1.34. The Labute approximate surface area is 104 Å². The molecular weight excluding hydrogens is 279 g/mol. The Morgan fingerprint density at radius 2 is 2.13 bits per heavy atom. The molecule has 0 radical (unpaired) electrons. The van der Waals surface area contributed by atoms with Crippen LogP contribution >= 0.6 is 28.6 Å². The van der Waals surface area contributed by atoms with Crippen molar-refractivity contribution in [2.45, 2.75) is 13.8 Å². The molecule has 0 amide bonds. The van der Waals surface area contributed by atoms with Gasteiger partial charge in [0.05, 0.1) is 6.61 Å². The molecule has 0 N–H and O–H groups in total. The third-order valence-electron chi connectivity index (χ3n) is 1.94. The van der Waals surface area contributed by atoms with E-state index >= 15 is 0 Å². The molecule has 1 rings (SSSR count). The minimum atomic E-state index is -0.340. The van der Waals surface area contributed by atoms with Crippen LogP contribution in [0, 0.1) is 11.2 Å². The third-order valence-corrected chi connectivity index (χ3v) is 3.29. The van der Waals surface area contributed by atoms with Crippen LogP contribution in [0.1, 0.15) is 13.8 Å². The molecule has 1 aromatic rings. The van der Waals surface area contributed by atoms with E-state index in [9.17, 15) is 4.39 Å². The maximum absolute atomic E-state index is 13.3. The molecule has 0 unspecified atom stereocenters. The smallest absolute Gasteiger partial charge is 0.165 e. The fourth-order valence-electron chi connectivity index (χ4n) is 0.907. The minimum Gasteiger partial charge on any atom is -0.490 e. The predicted molar refractivity (Wildman–Crippen MR) is 67.2 cm³/mol. The van der Waals surface area contributed by atoms with Crippen molar-refractivity contribution >= 4 is 28.6 Å². The Hall–Kier alpha value is -0.220. The zero-order valence-corrected chi connectivity index (χ0v) is 11.2. The van der Waals surface area contributed by atoms with Gasteiger partial charge in [-0.15, -0.1) is 0 Å². The molecule has 1 aromatic carbocycles. The van der Waals surface area contributed by atoms with Crippen molar-refractivity contribution in [3.8, 4) is 5.75 Å².